The molecule has 0 bridgehead atoms. The van der Waals surface area contributed by atoms with E-state index in [0.29, 0.717) is 25.3 Å². The van der Waals surface area contributed by atoms with Gasteiger partial charge in [0.15, 0.2) is 0 Å². The zero-order chi connectivity index (χ0) is 14.6. The van der Waals surface area contributed by atoms with Crippen LogP contribution in [0.2, 0.25) is 0 Å². The van der Waals surface area contributed by atoms with Crippen molar-refractivity contribution in [1.82, 2.24) is 24.3 Å². The highest BCUT2D eigenvalue weighted by Gasteiger charge is 2.06. The van der Waals surface area contributed by atoms with Crippen LogP contribution in [0.15, 0.2) is 12.4 Å². The van der Waals surface area contributed by atoms with E-state index in [1.807, 2.05) is 13.0 Å². The highest BCUT2D eigenvalue weighted by atomic mass is 32.2. The van der Waals surface area contributed by atoms with Crippen molar-refractivity contribution in [2.45, 2.75) is 20.3 Å². The number of aryl methyl sites for hydroxylation is 1. The lowest BCUT2D eigenvalue weighted by Gasteiger charge is -2.09. The number of nitrogens with one attached hydrogen (secondary N) is 2. The first-order valence-corrected chi connectivity index (χ1v) is 8.05. The van der Waals surface area contributed by atoms with Crippen molar-refractivity contribution >= 4 is 21.6 Å². The van der Waals surface area contributed by atoms with Crippen LogP contribution in [0.4, 0.5) is 5.82 Å². The molecule has 0 spiro atoms. The summed E-state index contributed by atoms with van der Waals surface area (Å²) < 4.78 is 26.6. The largest absolute Gasteiger partial charge is 0.370 e. The summed E-state index contributed by atoms with van der Waals surface area (Å²) in [5.41, 5.74) is 0.847. The maximum atomic E-state index is 11.3. The summed E-state index contributed by atoms with van der Waals surface area (Å²) in [5, 5.41) is 7.28. The van der Waals surface area contributed by atoms with Crippen LogP contribution in [0, 0.1) is 6.92 Å². The average Bonchev–Trinajstić information content (AvgIpc) is 2.86. The standard InChI is InChI=1S/C11H18N6O2S/c1-3-20(18,19)15-6-4-5-12-10-7-9(2)16-11-13-8-14-17(10)11/h7-8,12,15H,3-6H2,1-2H3. The van der Waals surface area contributed by atoms with Crippen molar-refractivity contribution in [2.75, 3.05) is 24.2 Å². The number of nitrogens with zero attached hydrogens (tertiary/aromatic N) is 4. The van der Waals surface area contributed by atoms with Crippen molar-refractivity contribution in [3.8, 4) is 0 Å². The molecule has 8 nitrogen and oxygen atoms in total. The molecule has 0 aliphatic heterocycles. The molecule has 0 saturated carbocycles. The Morgan fingerprint density at radius 1 is 1.35 bits per heavy atom. The first-order chi connectivity index (χ1) is 9.52. The molecule has 0 radical (unpaired) electrons. The Balaban J connectivity index is 1.89. The number of hydrogen-bond donors (Lipinski definition) is 2. The number of fused-ring (bicyclic) bond motifs is 1. The van der Waals surface area contributed by atoms with Crippen molar-refractivity contribution in [3.05, 3.63) is 18.1 Å². The van der Waals surface area contributed by atoms with Gasteiger partial charge in [0.1, 0.15) is 12.1 Å². The van der Waals surface area contributed by atoms with Crippen LogP contribution < -0.4 is 10.0 Å². The predicted molar refractivity (Wildman–Crippen MR) is 76.1 cm³/mol. The second-order valence-electron chi connectivity index (χ2n) is 4.33. The minimum Gasteiger partial charge on any atom is -0.370 e. The van der Waals surface area contributed by atoms with Gasteiger partial charge in [-0.25, -0.2) is 18.1 Å². The first-order valence-electron chi connectivity index (χ1n) is 6.40. The summed E-state index contributed by atoms with van der Waals surface area (Å²) in [5.74, 6) is 1.44. The molecule has 9 heteroatoms. The molecule has 0 aliphatic carbocycles. The molecule has 110 valence electrons. The third-order valence-electron chi connectivity index (χ3n) is 2.74. The zero-order valence-electron chi connectivity index (χ0n) is 11.5. The minimum absolute atomic E-state index is 0.101. The molecule has 2 heterocycles. The number of sulfonamides is 1. The molecular formula is C11H18N6O2S. The van der Waals surface area contributed by atoms with Gasteiger partial charge < -0.3 is 5.32 Å². The Morgan fingerprint density at radius 2 is 2.15 bits per heavy atom. The molecule has 2 rings (SSSR count). The SMILES string of the molecule is CCS(=O)(=O)NCCCNc1cc(C)nc2ncnn12. The number of anilines is 1. The molecule has 0 saturated heterocycles. The van der Waals surface area contributed by atoms with Crippen LogP contribution in [-0.2, 0) is 10.0 Å². The lowest BCUT2D eigenvalue weighted by atomic mass is 10.4. The lowest BCUT2D eigenvalue weighted by molar-refractivity contribution is 0.581. The van der Waals surface area contributed by atoms with Crippen LogP contribution >= 0.6 is 0 Å². The summed E-state index contributed by atoms with van der Waals surface area (Å²) in [7, 11) is -3.11. The molecule has 2 aromatic heterocycles. The van der Waals surface area contributed by atoms with E-state index in [-0.39, 0.29) is 5.75 Å². The van der Waals surface area contributed by atoms with Crippen LogP contribution in [0.5, 0.6) is 0 Å². The van der Waals surface area contributed by atoms with Crippen LogP contribution in [0.25, 0.3) is 5.78 Å². The second kappa shape index (κ2) is 6.14. The third kappa shape index (κ3) is 3.64. The fraction of sp³-hybridized carbons (Fsp3) is 0.545. The van der Waals surface area contributed by atoms with Crippen LogP contribution in [0.3, 0.4) is 0 Å². The summed E-state index contributed by atoms with van der Waals surface area (Å²) in [6, 6.07) is 1.87. The van der Waals surface area contributed by atoms with Gasteiger partial charge in [-0.2, -0.15) is 14.6 Å². The molecule has 0 amide bonds. The summed E-state index contributed by atoms with van der Waals surface area (Å²) in [4.78, 5) is 8.28. The maximum Gasteiger partial charge on any atom is 0.254 e. The van der Waals surface area contributed by atoms with Gasteiger partial charge in [-0.3, -0.25) is 0 Å². The van der Waals surface area contributed by atoms with E-state index in [9.17, 15) is 8.42 Å². The number of rotatable bonds is 7. The fourth-order valence-corrected chi connectivity index (χ4v) is 2.35. The van der Waals surface area contributed by atoms with E-state index in [2.05, 4.69) is 25.1 Å². The van der Waals surface area contributed by atoms with Crippen molar-refractivity contribution in [3.63, 3.8) is 0 Å². The fourth-order valence-electron chi connectivity index (χ4n) is 1.69. The van der Waals surface area contributed by atoms with Gasteiger partial charge >= 0.3 is 0 Å². The highest BCUT2D eigenvalue weighted by Crippen LogP contribution is 2.09. The van der Waals surface area contributed by atoms with E-state index < -0.39 is 10.0 Å². The van der Waals surface area contributed by atoms with Gasteiger partial charge in [0.2, 0.25) is 10.0 Å². The van der Waals surface area contributed by atoms with Crippen molar-refractivity contribution < 1.29 is 8.42 Å². The topological polar surface area (TPSA) is 101 Å². The molecular weight excluding hydrogens is 280 g/mol. The Kier molecular flexibility index (Phi) is 4.50. The molecule has 0 aliphatic rings. The van der Waals surface area contributed by atoms with Crippen LogP contribution in [0.1, 0.15) is 19.0 Å². The molecule has 0 atom stereocenters. The van der Waals surface area contributed by atoms with Gasteiger partial charge in [-0.15, -0.1) is 0 Å². The van der Waals surface area contributed by atoms with Crippen LogP contribution in [-0.4, -0.2) is 46.8 Å². The number of aromatic nitrogens is 4. The second-order valence-corrected chi connectivity index (χ2v) is 6.43. The minimum atomic E-state index is -3.11. The smallest absolute Gasteiger partial charge is 0.254 e. The first kappa shape index (κ1) is 14.7. The van der Waals surface area contributed by atoms with Crippen molar-refractivity contribution in [2.24, 2.45) is 0 Å². The molecule has 2 N–H and O–H groups in total. The zero-order valence-corrected chi connectivity index (χ0v) is 12.3. The molecule has 0 fully saturated rings. The Bertz CT molecular complexity index is 681. The van der Waals surface area contributed by atoms with E-state index in [4.69, 9.17) is 0 Å². The van der Waals surface area contributed by atoms with Gasteiger partial charge in [0.25, 0.3) is 5.78 Å². The molecule has 2 aromatic rings. The Labute approximate surface area is 117 Å². The monoisotopic (exact) mass is 298 g/mol. The lowest BCUT2D eigenvalue weighted by Crippen LogP contribution is -2.27. The quantitative estimate of drug-likeness (QED) is 0.707. The van der Waals surface area contributed by atoms with E-state index in [1.165, 1.54) is 6.33 Å². The van der Waals surface area contributed by atoms with Gasteiger partial charge in [-0.1, -0.05) is 0 Å². The third-order valence-corrected chi connectivity index (χ3v) is 4.15. The Hall–Kier alpha value is -1.74. The maximum absolute atomic E-state index is 11.3. The van der Waals surface area contributed by atoms with E-state index >= 15 is 0 Å². The van der Waals surface area contributed by atoms with E-state index in [0.717, 1.165) is 11.5 Å². The predicted octanol–water partition coefficient (Wildman–Crippen LogP) is 0.174. The van der Waals surface area contributed by atoms with Gasteiger partial charge in [0.05, 0.1) is 5.75 Å². The number of hydrogen-bond acceptors (Lipinski definition) is 6. The summed E-state index contributed by atoms with van der Waals surface area (Å²) >= 11 is 0. The summed E-state index contributed by atoms with van der Waals surface area (Å²) in [6.45, 7) is 4.54. The highest BCUT2D eigenvalue weighted by molar-refractivity contribution is 7.89. The Morgan fingerprint density at radius 3 is 2.90 bits per heavy atom. The summed E-state index contributed by atoms with van der Waals surface area (Å²) in [6.07, 6.45) is 2.12. The van der Waals surface area contributed by atoms with Crippen molar-refractivity contribution in [1.29, 1.82) is 0 Å². The molecule has 20 heavy (non-hydrogen) atoms. The average molecular weight is 298 g/mol. The van der Waals surface area contributed by atoms with Gasteiger partial charge in [-0.05, 0) is 20.3 Å². The normalized spacial score (nSPS) is 11.9. The van der Waals surface area contributed by atoms with Gasteiger partial charge in [0, 0.05) is 24.8 Å². The molecule has 0 aromatic carbocycles. The van der Waals surface area contributed by atoms with E-state index in [1.54, 1.807) is 11.4 Å². The molecule has 0 unspecified atom stereocenters.